The fourth-order valence-corrected chi connectivity index (χ4v) is 2.76. The molecule has 1 N–H and O–H groups in total. The molecule has 0 heterocycles. The van der Waals surface area contributed by atoms with Gasteiger partial charge in [-0.1, -0.05) is 93.7 Å². The van der Waals surface area contributed by atoms with E-state index in [1.54, 1.807) is 0 Å². The first kappa shape index (κ1) is 25.9. The van der Waals surface area contributed by atoms with Crippen LogP contribution in [-0.4, -0.2) is 11.1 Å². The van der Waals surface area contributed by atoms with Crippen molar-refractivity contribution < 1.29 is 9.90 Å². The summed E-state index contributed by atoms with van der Waals surface area (Å²) in [4.78, 5) is 11.4. The van der Waals surface area contributed by atoms with Crippen molar-refractivity contribution in [3.63, 3.8) is 0 Å². The average molecular weight is 385 g/mol. The van der Waals surface area contributed by atoms with Crippen LogP contribution in [-0.2, 0) is 4.79 Å². The van der Waals surface area contributed by atoms with E-state index in [0.29, 0.717) is 19.3 Å². The van der Waals surface area contributed by atoms with E-state index in [4.69, 9.17) is 0 Å². The molecule has 0 aromatic carbocycles. The van der Waals surface area contributed by atoms with E-state index >= 15 is 0 Å². The SMILES string of the molecule is CC/C=C\C/C=C\C/C=C\C/C=C\C/C=C\C/C=C\CC(CC)(CC)C(=O)O. The van der Waals surface area contributed by atoms with E-state index in [2.05, 4.69) is 73.8 Å². The third-order valence-electron chi connectivity index (χ3n) is 4.91. The molecule has 0 bridgehead atoms. The zero-order valence-electron chi connectivity index (χ0n) is 18.1. The third-order valence-corrected chi connectivity index (χ3v) is 4.91. The highest BCUT2D eigenvalue weighted by molar-refractivity contribution is 5.74. The molecule has 0 aromatic heterocycles. The number of hydrogen-bond donors (Lipinski definition) is 1. The molecule has 0 saturated heterocycles. The predicted molar refractivity (Wildman–Crippen MR) is 123 cm³/mol. The second-order valence-corrected chi connectivity index (χ2v) is 6.91. The summed E-state index contributed by atoms with van der Waals surface area (Å²) < 4.78 is 0. The van der Waals surface area contributed by atoms with Gasteiger partial charge in [0.05, 0.1) is 5.41 Å². The van der Waals surface area contributed by atoms with Gasteiger partial charge in [-0.25, -0.2) is 0 Å². The molecule has 2 nitrogen and oxygen atoms in total. The van der Waals surface area contributed by atoms with Gasteiger partial charge in [-0.3, -0.25) is 4.79 Å². The van der Waals surface area contributed by atoms with Crippen LogP contribution in [0, 0.1) is 5.41 Å². The summed E-state index contributed by atoms with van der Waals surface area (Å²) in [5.74, 6) is -0.683. The minimum absolute atomic E-state index is 0.599. The van der Waals surface area contributed by atoms with Gasteiger partial charge in [0, 0.05) is 0 Å². The quantitative estimate of drug-likeness (QED) is 0.274. The second kappa shape index (κ2) is 18.3. The Balaban J connectivity index is 3.85. The topological polar surface area (TPSA) is 37.3 Å². The summed E-state index contributed by atoms with van der Waals surface area (Å²) in [7, 11) is 0. The molecule has 0 aliphatic heterocycles. The Morgan fingerprint density at radius 2 is 0.929 bits per heavy atom. The minimum Gasteiger partial charge on any atom is -0.481 e. The first-order chi connectivity index (χ1) is 13.6. The standard InChI is InChI=1S/C26H40O2/c1-4-7-8-9-10-11-12-13-14-15-16-17-18-19-20-21-22-23-24-26(5-2,6-3)25(27)28/h7-8,10-11,13-14,16-17,19-20,22-23H,4-6,9,12,15,18,21,24H2,1-3H3,(H,27,28)/b8-7-,11-10-,14-13-,17-16-,20-19-,23-22-. The smallest absolute Gasteiger partial charge is 0.309 e. The molecular formula is C26H40O2. The Hall–Kier alpha value is -2.09. The molecule has 0 spiro atoms. The van der Waals surface area contributed by atoms with E-state index in [1.165, 1.54) is 0 Å². The minimum atomic E-state index is -0.683. The maximum Gasteiger partial charge on any atom is 0.309 e. The lowest BCUT2D eigenvalue weighted by molar-refractivity contribution is -0.149. The van der Waals surface area contributed by atoms with Crippen molar-refractivity contribution in [2.45, 2.75) is 78.6 Å². The maximum atomic E-state index is 11.4. The number of carbonyl (C=O) groups is 1. The van der Waals surface area contributed by atoms with Crippen LogP contribution >= 0.6 is 0 Å². The lowest BCUT2D eigenvalue weighted by Crippen LogP contribution is -2.28. The normalized spacial score (nSPS) is 13.5. The number of rotatable bonds is 16. The number of carboxylic acid groups (broad SMARTS) is 1. The molecule has 0 radical (unpaired) electrons. The largest absolute Gasteiger partial charge is 0.481 e. The summed E-state index contributed by atoms with van der Waals surface area (Å²) in [5.41, 5.74) is -0.599. The van der Waals surface area contributed by atoms with E-state index in [9.17, 15) is 9.90 Å². The van der Waals surface area contributed by atoms with Gasteiger partial charge in [0.15, 0.2) is 0 Å². The predicted octanol–water partition coefficient (Wildman–Crippen LogP) is 7.97. The van der Waals surface area contributed by atoms with Gasteiger partial charge in [-0.15, -0.1) is 0 Å². The number of carboxylic acids is 1. The zero-order chi connectivity index (χ0) is 20.9. The molecule has 0 aromatic rings. The molecule has 28 heavy (non-hydrogen) atoms. The van der Waals surface area contributed by atoms with Gasteiger partial charge in [0.25, 0.3) is 0 Å². The lowest BCUT2D eigenvalue weighted by atomic mass is 9.79. The van der Waals surface area contributed by atoms with Crippen LogP contribution in [0.25, 0.3) is 0 Å². The van der Waals surface area contributed by atoms with E-state index in [1.807, 2.05) is 19.9 Å². The fraction of sp³-hybridized carbons (Fsp3) is 0.500. The van der Waals surface area contributed by atoms with Crippen molar-refractivity contribution in [1.29, 1.82) is 0 Å². The first-order valence-electron chi connectivity index (χ1n) is 10.8. The Morgan fingerprint density at radius 1 is 0.607 bits per heavy atom. The molecule has 0 atom stereocenters. The Bertz CT molecular complexity index is 555. The Morgan fingerprint density at radius 3 is 1.21 bits per heavy atom. The van der Waals surface area contributed by atoms with Crippen molar-refractivity contribution >= 4 is 5.97 Å². The van der Waals surface area contributed by atoms with Crippen LogP contribution in [0.3, 0.4) is 0 Å². The highest BCUT2D eigenvalue weighted by Crippen LogP contribution is 2.31. The van der Waals surface area contributed by atoms with Crippen LogP contribution in [0.4, 0.5) is 0 Å². The summed E-state index contributed by atoms with van der Waals surface area (Å²) >= 11 is 0. The summed E-state index contributed by atoms with van der Waals surface area (Å²) in [5, 5.41) is 9.40. The number of hydrogen-bond acceptors (Lipinski definition) is 1. The molecule has 0 saturated carbocycles. The van der Waals surface area contributed by atoms with Crippen LogP contribution in [0.2, 0.25) is 0 Å². The van der Waals surface area contributed by atoms with Crippen molar-refractivity contribution in [2.24, 2.45) is 5.41 Å². The highest BCUT2D eigenvalue weighted by Gasteiger charge is 2.33. The third kappa shape index (κ3) is 13.1. The van der Waals surface area contributed by atoms with E-state index in [0.717, 1.165) is 38.5 Å². The molecular weight excluding hydrogens is 344 g/mol. The average Bonchev–Trinajstić information content (AvgIpc) is 2.70. The molecule has 0 rings (SSSR count). The first-order valence-corrected chi connectivity index (χ1v) is 10.8. The maximum absolute atomic E-state index is 11.4. The summed E-state index contributed by atoms with van der Waals surface area (Å²) in [6.07, 6.45) is 33.8. The van der Waals surface area contributed by atoms with Crippen molar-refractivity contribution in [3.05, 3.63) is 72.9 Å². The van der Waals surface area contributed by atoms with Gasteiger partial charge in [0.1, 0.15) is 0 Å². The van der Waals surface area contributed by atoms with Crippen molar-refractivity contribution in [2.75, 3.05) is 0 Å². The lowest BCUT2D eigenvalue weighted by Gasteiger charge is -2.24. The summed E-state index contributed by atoms with van der Waals surface area (Å²) in [6, 6.07) is 0. The Kier molecular flexibility index (Phi) is 16.9. The van der Waals surface area contributed by atoms with E-state index < -0.39 is 11.4 Å². The number of allylic oxidation sites excluding steroid dienone is 12. The number of aliphatic carboxylic acids is 1. The van der Waals surface area contributed by atoms with Crippen LogP contribution in [0.5, 0.6) is 0 Å². The van der Waals surface area contributed by atoms with Crippen molar-refractivity contribution in [3.8, 4) is 0 Å². The molecule has 2 heteroatoms. The van der Waals surface area contributed by atoms with Crippen molar-refractivity contribution in [1.82, 2.24) is 0 Å². The monoisotopic (exact) mass is 384 g/mol. The fourth-order valence-electron chi connectivity index (χ4n) is 2.76. The molecule has 0 unspecified atom stereocenters. The zero-order valence-corrected chi connectivity index (χ0v) is 18.1. The molecule has 0 fully saturated rings. The molecule has 156 valence electrons. The van der Waals surface area contributed by atoms with Gasteiger partial charge >= 0.3 is 5.97 Å². The molecule has 0 amide bonds. The Labute approximate surface area is 173 Å². The molecule has 0 aliphatic rings. The van der Waals surface area contributed by atoms with Gasteiger partial charge in [-0.2, -0.15) is 0 Å². The van der Waals surface area contributed by atoms with Gasteiger partial charge in [-0.05, 0) is 57.8 Å². The summed E-state index contributed by atoms with van der Waals surface area (Å²) in [6.45, 7) is 6.06. The van der Waals surface area contributed by atoms with Crippen LogP contribution < -0.4 is 0 Å². The molecule has 0 aliphatic carbocycles. The highest BCUT2D eigenvalue weighted by atomic mass is 16.4. The van der Waals surface area contributed by atoms with Crippen LogP contribution in [0.1, 0.15) is 78.6 Å². The van der Waals surface area contributed by atoms with Gasteiger partial charge in [0.2, 0.25) is 0 Å². The van der Waals surface area contributed by atoms with E-state index in [-0.39, 0.29) is 0 Å². The van der Waals surface area contributed by atoms with Gasteiger partial charge < -0.3 is 5.11 Å². The van der Waals surface area contributed by atoms with Crippen LogP contribution in [0.15, 0.2) is 72.9 Å². The second-order valence-electron chi connectivity index (χ2n) is 6.91.